The predicted octanol–water partition coefficient (Wildman–Crippen LogP) is 7.67. The van der Waals surface area contributed by atoms with E-state index in [0.29, 0.717) is 5.56 Å². The summed E-state index contributed by atoms with van der Waals surface area (Å²) in [4.78, 5) is 12.2. The number of unbranched alkanes of at least 4 members (excludes halogenated alkanes) is 13. The minimum absolute atomic E-state index is 0.0157. The van der Waals surface area contributed by atoms with Gasteiger partial charge in [-0.25, -0.2) is 0 Å². The van der Waals surface area contributed by atoms with Crippen LogP contribution in [-0.4, -0.2) is 19.6 Å². The maximum absolute atomic E-state index is 12.2. The normalized spacial score (nSPS) is 10.8. The molecule has 4 heteroatoms. The van der Waals surface area contributed by atoms with Crippen LogP contribution >= 0.6 is 15.9 Å². The maximum atomic E-state index is 12.2. The van der Waals surface area contributed by atoms with Crippen molar-refractivity contribution in [2.24, 2.45) is 0 Å². The second-order valence-corrected chi connectivity index (χ2v) is 8.56. The number of carbonyl (C=O) groups is 1. The van der Waals surface area contributed by atoms with E-state index in [1.807, 2.05) is 6.07 Å². The van der Waals surface area contributed by atoms with E-state index in [2.05, 4.69) is 28.2 Å². The Morgan fingerprint density at radius 3 is 1.82 bits per heavy atom. The van der Waals surface area contributed by atoms with Crippen LogP contribution < -0.4 is 10.1 Å². The molecule has 0 aliphatic heterocycles. The summed E-state index contributed by atoms with van der Waals surface area (Å²) in [5, 5.41) is 3.01. The highest BCUT2D eigenvalue weighted by Gasteiger charge is 2.08. The SMILES string of the molecule is CCCCCCCCCCCCCCCCNC(=O)c1ccc(OC)c(Br)c1. The van der Waals surface area contributed by atoms with E-state index in [9.17, 15) is 4.79 Å². The average Bonchev–Trinajstić information content (AvgIpc) is 2.70. The standard InChI is InChI=1S/C24H40BrNO2/c1-3-4-5-6-7-8-9-10-11-12-13-14-15-16-19-26-24(27)21-17-18-23(28-2)22(25)20-21/h17-18,20H,3-16,19H2,1-2H3,(H,26,27). The summed E-state index contributed by atoms with van der Waals surface area (Å²) in [5.74, 6) is 0.724. The molecule has 0 bridgehead atoms. The molecule has 0 unspecified atom stereocenters. The van der Waals surface area contributed by atoms with E-state index in [1.165, 1.54) is 83.5 Å². The smallest absolute Gasteiger partial charge is 0.251 e. The minimum Gasteiger partial charge on any atom is -0.496 e. The number of benzene rings is 1. The number of ether oxygens (including phenoxy) is 1. The zero-order chi connectivity index (χ0) is 20.5. The van der Waals surface area contributed by atoms with Crippen molar-refractivity contribution >= 4 is 21.8 Å². The molecule has 160 valence electrons. The molecule has 1 aromatic rings. The van der Waals surface area contributed by atoms with Crippen LogP contribution in [0.4, 0.5) is 0 Å². The first-order valence-electron chi connectivity index (χ1n) is 11.3. The molecule has 0 heterocycles. The van der Waals surface area contributed by atoms with Gasteiger partial charge in [-0.05, 0) is 40.5 Å². The molecule has 3 nitrogen and oxygen atoms in total. The predicted molar refractivity (Wildman–Crippen MR) is 123 cm³/mol. The average molecular weight is 454 g/mol. The summed E-state index contributed by atoms with van der Waals surface area (Å²) >= 11 is 3.42. The van der Waals surface area contributed by atoms with Crippen molar-refractivity contribution in [1.82, 2.24) is 5.32 Å². The van der Waals surface area contributed by atoms with Gasteiger partial charge in [0.2, 0.25) is 0 Å². The van der Waals surface area contributed by atoms with Crippen molar-refractivity contribution < 1.29 is 9.53 Å². The third-order valence-electron chi connectivity index (χ3n) is 5.23. The van der Waals surface area contributed by atoms with Crippen LogP contribution in [-0.2, 0) is 0 Å². The van der Waals surface area contributed by atoms with E-state index < -0.39 is 0 Å². The van der Waals surface area contributed by atoms with Gasteiger partial charge in [0.25, 0.3) is 5.91 Å². The highest BCUT2D eigenvalue weighted by Crippen LogP contribution is 2.25. The lowest BCUT2D eigenvalue weighted by molar-refractivity contribution is 0.0953. The molecule has 0 saturated carbocycles. The van der Waals surface area contributed by atoms with Crippen molar-refractivity contribution in [3.63, 3.8) is 0 Å². The number of carbonyl (C=O) groups excluding carboxylic acids is 1. The zero-order valence-corrected chi connectivity index (χ0v) is 19.6. The van der Waals surface area contributed by atoms with Crippen LogP contribution in [0.3, 0.4) is 0 Å². The Hall–Kier alpha value is -1.03. The van der Waals surface area contributed by atoms with Crippen molar-refractivity contribution in [3.05, 3.63) is 28.2 Å². The number of methoxy groups -OCH3 is 1. The van der Waals surface area contributed by atoms with Crippen LogP contribution in [0.5, 0.6) is 5.75 Å². The molecular weight excluding hydrogens is 414 g/mol. The monoisotopic (exact) mass is 453 g/mol. The van der Waals surface area contributed by atoms with E-state index in [1.54, 1.807) is 19.2 Å². The molecule has 0 aliphatic carbocycles. The van der Waals surface area contributed by atoms with E-state index >= 15 is 0 Å². The molecule has 0 saturated heterocycles. The fourth-order valence-electron chi connectivity index (χ4n) is 3.43. The maximum Gasteiger partial charge on any atom is 0.251 e. The quantitative estimate of drug-likeness (QED) is 0.245. The molecule has 28 heavy (non-hydrogen) atoms. The minimum atomic E-state index is -0.0157. The van der Waals surface area contributed by atoms with Gasteiger partial charge in [0.1, 0.15) is 5.75 Å². The Morgan fingerprint density at radius 1 is 0.857 bits per heavy atom. The fourth-order valence-corrected chi connectivity index (χ4v) is 3.97. The summed E-state index contributed by atoms with van der Waals surface area (Å²) in [7, 11) is 1.62. The van der Waals surface area contributed by atoms with Gasteiger partial charge in [0.15, 0.2) is 0 Å². The largest absolute Gasteiger partial charge is 0.496 e. The number of nitrogens with one attached hydrogen (secondary N) is 1. The van der Waals surface area contributed by atoms with Crippen molar-refractivity contribution in [1.29, 1.82) is 0 Å². The molecular formula is C24H40BrNO2. The molecule has 1 aromatic carbocycles. The Labute approximate surface area is 181 Å². The Morgan fingerprint density at radius 2 is 1.36 bits per heavy atom. The summed E-state index contributed by atoms with van der Waals surface area (Å²) in [6, 6.07) is 5.41. The molecule has 0 radical (unpaired) electrons. The van der Waals surface area contributed by atoms with Gasteiger partial charge in [-0.15, -0.1) is 0 Å². The van der Waals surface area contributed by atoms with Crippen LogP contribution in [0.2, 0.25) is 0 Å². The summed E-state index contributed by atoms with van der Waals surface area (Å²) < 4.78 is 6.00. The molecule has 0 aromatic heterocycles. The summed E-state index contributed by atoms with van der Waals surface area (Å²) in [6.45, 7) is 3.03. The molecule has 0 atom stereocenters. The lowest BCUT2D eigenvalue weighted by atomic mass is 10.0. The lowest BCUT2D eigenvalue weighted by Crippen LogP contribution is -2.24. The third kappa shape index (κ3) is 11.7. The third-order valence-corrected chi connectivity index (χ3v) is 5.85. The van der Waals surface area contributed by atoms with E-state index in [-0.39, 0.29) is 5.91 Å². The molecule has 1 amide bonds. The zero-order valence-electron chi connectivity index (χ0n) is 18.0. The van der Waals surface area contributed by atoms with Crippen LogP contribution in [0.15, 0.2) is 22.7 Å². The van der Waals surface area contributed by atoms with E-state index in [4.69, 9.17) is 4.74 Å². The fraction of sp³-hybridized carbons (Fsp3) is 0.708. The number of halogens is 1. The molecule has 1 rings (SSSR count). The Balaban J connectivity index is 1.91. The molecule has 0 spiro atoms. The van der Waals surface area contributed by atoms with E-state index in [0.717, 1.165) is 23.2 Å². The number of rotatable bonds is 17. The summed E-state index contributed by atoms with van der Waals surface area (Å²) in [5.41, 5.74) is 0.665. The second-order valence-electron chi connectivity index (χ2n) is 7.70. The number of hydrogen-bond acceptors (Lipinski definition) is 2. The van der Waals surface area contributed by atoms with Gasteiger partial charge >= 0.3 is 0 Å². The first kappa shape index (κ1) is 25.0. The van der Waals surface area contributed by atoms with Crippen LogP contribution in [0.1, 0.15) is 107 Å². The topological polar surface area (TPSA) is 38.3 Å². The van der Waals surface area contributed by atoms with Crippen molar-refractivity contribution in [3.8, 4) is 5.75 Å². The van der Waals surface area contributed by atoms with Gasteiger partial charge in [-0.3, -0.25) is 4.79 Å². The highest BCUT2D eigenvalue weighted by molar-refractivity contribution is 9.10. The summed E-state index contributed by atoms with van der Waals surface area (Å²) in [6.07, 6.45) is 18.9. The Bertz CT molecular complexity index is 533. The lowest BCUT2D eigenvalue weighted by Gasteiger charge is -2.08. The van der Waals surface area contributed by atoms with Gasteiger partial charge in [-0.2, -0.15) is 0 Å². The molecule has 0 fully saturated rings. The number of hydrogen-bond donors (Lipinski definition) is 1. The van der Waals surface area contributed by atoms with Gasteiger partial charge in [-0.1, -0.05) is 90.4 Å². The van der Waals surface area contributed by atoms with Crippen molar-refractivity contribution in [2.75, 3.05) is 13.7 Å². The van der Waals surface area contributed by atoms with Gasteiger partial charge in [0.05, 0.1) is 11.6 Å². The first-order chi connectivity index (χ1) is 13.7. The van der Waals surface area contributed by atoms with Crippen LogP contribution in [0, 0.1) is 0 Å². The second kappa shape index (κ2) is 16.9. The van der Waals surface area contributed by atoms with Gasteiger partial charge < -0.3 is 10.1 Å². The first-order valence-corrected chi connectivity index (χ1v) is 12.1. The Kier molecular flexibility index (Phi) is 15.1. The van der Waals surface area contributed by atoms with Crippen LogP contribution in [0.25, 0.3) is 0 Å². The molecule has 1 N–H and O–H groups in total. The van der Waals surface area contributed by atoms with Gasteiger partial charge in [0, 0.05) is 12.1 Å². The van der Waals surface area contributed by atoms with Crippen molar-refractivity contribution in [2.45, 2.75) is 96.8 Å². The molecule has 0 aliphatic rings. The highest BCUT2D eigenvalue weighted by atomic mass is 79.9. The number of amides is 1.